The summed E-state index contributed by atoms with van der Waals surface area (Å²) in [5.74, 6) is -1.24. The fourth-order valence-electron chi connectivity index (χ4n) is 1.78. The van der Waals surface area contributed by atoms with E-state index in [2.05, 4.69) is 0 Å². The molecule has 0 aromatic heterocycles. The van der Waals surface area contributed by atoms with Crippen LogP contribution in [0, 0.1) is 0 Å². The number of carbonyl (C=O) groups is 2. The summed E-state index contributed by atoms with van der Waals surface area (Å²) in [5.41, 5.74) is 0.589. The molecule has 1 aliphatic heterocycles. The number of methoxy groups -OCH3 is 1. The molecule has 0 bridgehead atoms. The summed E-state index contributed by atoms with van der Waals surface area (Å²) in [6, 6.07) is 3.19. The number of carboxylic acids is 1. The third-order valence-electron chi connectivity index (χ3n) is 2.69. The van der Waals surface area contributed by atoms with Gasteiger partial charge in [-0.25, -0.2) is 0 Å². The van der Waals surface area contributed by atoms with Crippen LogP contribution in [0.1, 0.15) is 5.56 Å². The second-order valence-corrected chi connectivity index (χ2v) is 6.67. The molecule has 1 aromatic carbocycles. The SMILES string of the molecule is COc1c(Cl)cc(C=C2SC(=S)N(CC(=O)O)C2=O)cc1Cl. The zero-order chi connectivity index (χ0) is 16.4. The van der Waals surface area contributed by atoms with Gasteiger partial charge in [0, 0.05) is 0 Å². The van der Waals surface area contributed by atoms with Crippen LogP contribution in [0.3, 0.4) is 0 Å². The van der Waals surface area contributed by atoms with Crippen molar-refractivity contribution in [2.24, 2.45) is 0 Å². The summed E-state index contributed by atoms with van der Waals surface area (Å²) < 4.78 is 5.25. The van der Waals surface area contributed by atoms with Crippen LogP contribution in [0.4, 0.5) is 0 Å². The third-order valence-corrected chi connectivity index (χ3v) is 4.63. The zero-order valence-corrected chi connectivity index (χ0v) is 14.3. The van der Waals surface area contributed by atoms with Crippen LogP contribution in [-0.2, 0) is 9.59 Å². The fourth-order valence-corrected chi connectivity index (χ4v) is 3.69. The molecule has 0 spiro atoms. The number of thioether (sulfide) groups is 1. The normalized spacial score (nSPS) is 16.5. The molecule has 1 amide bonds. The molecule has 1 saturated heterocycles. The van der Waals surface area contributed by atoms with E-state index in [1.54, 1.807) is 18.2 Å². The molecule has 0 aliphatic carbocycles. The molecule has 0 atom stereocenters. The van der Waals surface area contributed by atoms with Crippen LogP contribution in [0.2, 0.25) is 10.0 Å². The highest BCUT2D eigenvalue weighted by molar-refractivity contribution is 8.26. The molecular weight excluding hydrogens is 369 g/mol. The Hall–Kier alpha value is -1.28. The Morgan fingerprint density at radius 1 is 1.45 bits per heavy atom. The maximum absolute atomic E-state index is 12.1. The highest BCUT2D eigenvalue weighted by Gasteiger charge is 2.33. The number of carboxylic acid groups (broad SMARTS) is 1. The molecule has 116 valence electrons. The third kappa shape index (κ3) is 3.55. The summed E-state index contributed by atoms with van der Waals surface area (Å²) in [6.45, 7) is -0.466. The van der Waals surface area contributed by atoms with Crippen molar-refractivity contribution in [3.63, 3.8) is 0 Å². The first-order valence-corrected chi connectivity index (χ1v) is 7.81. The Morgan fingerprint density at radius 3 is 2.55 bits per heavy atom. The number of aliphatic carboxylic acids is 1. The number of rotatable bonds is 4. The summed E-state index contributed by atoms with van der Waals surface area (Å²) in [5, 5.41) is 9.40. The van der Waals surface area contributed by atoms with Crippen molar-refractivity contribution < 1.29 is 19.4 Å². The van der Waals surface area contributed by atoms with Gasteiger partial charge in [-0.15, -0.1) is 0 Å². The van der Waals surface area contributed by atoms with Crippen LogP contribution in [0.15, 0.2) is 17.0 Å². The molecule has 0 unspecified atom stereocenters. The van der Waals surface area contributed by atoms with E-state index >= 15 is 0 Å². The molecular formula is C13H9Cl2NO4S2. The second-order valence-electron chi connectivity index (χ2n) is 4.18. The van der Waals surface area contributed by atoms with E-state index in [1.807, 2.05) is 0 Å². The minimum absolute atomic E-state index is 0.198. The number of thiocarbonyl (C=S) groups is 1. The predicted molar refractivity (Wildman–Crippen MR) is 90.5 cm³/mol. The topological polar surface area (TPSA) is 66.8 Å². The summed E-state index contributed by atoms with van der Waals surface area (Å²) in [4.78, 5) is 24.2. The minimum atomic E-state index is -1.13. The van der Waals surface area contributed by atoms with E-state index in [4.69, 9.17) is 45.3 Å². The van der Waals surface area contributed by atoms with Crippen molar-refractivity contribution in [3.8, 4) is 5.75 Å². The standard InChI is InChI=1S/C13H9Cl2NO4S2/c1-20-11-7(14)2-6(3-8(11)15)4-9-12(19)16(5-10(17)18)13(21)22-9/h2-4H,5H2,1H3,(H,17,18). The molecule has 5 nitrogen and oxygen atoms in total. The Morgan fingerprint density at radius 2 is 2.05 bits per heavy atom. The van der Waals surface area contributed by atoms with E-state index in [9.17, 15) is 9.59 Å². The van der Waals surface area contributed by atoms with E-state index in [0.717, 1.165) is 16.7 Å². The maximum Gasteiger partial charge on any atom is 0.323 e. The number of benzene rings is 1. The number of hydrogen-bond acceptors (Lipinski definition) is 5. The van der Waals surface area contributed by atoms with Gasteiger partial charge in [0.2, 0.25) is 0 Å². The Labute approximate surface area is 145 Å². The van der Waals surface area contributed by atoms with Gasteiger partial charge in [0.1, 0.15) is 10.9 Å². The molecule has 0 saturated carbocycles. The van der Waals surface area contributed by atoms with Crippen LogP contribution >= 0.6 is 47.2 Å². The fraction of sp³-hybridized carbons (Fsp3) is 0.154. The first-order valence-electron chi connectivity index (χ1n) is 5.83. The van der Waals surface area contributed by atoms with Gasteiger partial charge in [-0.1, -0.05) is 47.2 Å². The van der Waals surface area contributed by atoms with Crippen molar-refractivity contribution in [2.45, 2.75) is 0 Å². The summed E-state index contributed by atoms with van der Waals surface area (Å²) in [7, 11) is 1.45. The molecule has 0 radical (unpaired) electrons. The molecule has 1 heterocycles. The first-order chi connectivity index (χ1) is 10.3. The lowest BCUT2D eigenvalue weighted by Crippen LogP contribution is -2.33. The van der Waals surface area contributed by atoms with Gasteiger partial charge in [0.05, 0.1) is 22.1 Å². The van der Waals surface area contributed by atoms with Gasteiger partial charge in [0.25, 0.3) is 5.91 Å². The Kier molecular flexibility index (Phi) is 5.33. The Balaban J connectivity index is 2.33. The second kappa shape index (κ2) is 6.87. The summed E-state index contributed by atoms with van der Waals surface area (Å²) in [6.07, 6.45) is 1.55. The quantitative estimate of drug-likeness (QED) is 0.641. The number of carbonyl (C=O) groups excluding carboxylic acids is 1. The lowest BCUT2D eigenvalue weighted by atomic mass is 10.2. The van der Waals surface area contributed by atoms with Crippen molar-refractivity contribution in [1.82, 2.24) is 4.90 Å². The molecule has 1 fully saturated rings. The number of ether oxygens (including phenoxy) is 1. The van der Waals surface area contributed by atoms with Crippen LogP contribution in [0.25, 0.3) is 6.08 Å². The minimum Gasteiger partial charge on any atom is -0.494 e. The molecule has 9 heteroatoms. The number of hydrogen-bond donors (Lipinski definition) is 1. The highest BCUT2D eigenvalue weighted by atomic mass is 35.5. The molecule has 1 N–H and O–H groups in total. The molecule has 22 heavy (non-hydrogen) atoms. The van der Waals surface area contributed by atoms with Gasteiger partial charge >= 0.3 is 5.97 Å². The lowest BCUT2D eigenvalue weighted by molar-refractivity contribution is -0.140. The maximum atomic E-state index is 12.1. The van der Waals surface area contributed by atoms with Crippen molar-refractivity contribution in [3.05, 3.63) is 32.6 Å². The average molecular weight is 378 g/mol. The van der Waals surface area contributed by atoms with Crippen molar-refractivity contribution in [1.29, 1.82) is 0 Å². The van der Waals surface area contributed by atoms with Crippen molar-refractivity contribution in [2.75, 3.05) is 13.7 Å². The van der Waals surface area contributed by atoms with Gasteiger partial charge in [-0.2, -0.15) is 0 Å². The summed E-state index contributed by atoms with van der Waals surface area (Å²) >= 11 is 18.1. The first kappa shape index (κ1) is 17.1. The number of nitrogens with zero attached hydrogens (tertiary/aromatic N) is 1. The molecule has 1 aromatic rings. The van der Waals surface area contributed by atoms with E-state index < -0.39 is 18.4 Å². The van der Waals surface area contributed by atoms with Crippen LogP contribution in [0.5, 0.6) is 5.75 Å². The predicted octanol–water partition coefficient (Wildman–Crippen LogP) is 3.29. The van der Waals surface area contributed by atoms with Gasteiger partial charge in [0.15, 0.2) is 5.75 Å². The van der Waals surface area contributed by atoms with Gasteiger partial charge < -0.3 is 9.84 Å². The smallest absolute Gasteiger partial charge is 0.323 e. The van der Waals surface area contributed by atoms with E-state index in [0.29, 0.717) is 26.3 Å². The van der Waals surface area contributed by atoms with Crippen molar-refractivity contribution >= 4 is 69.5 Å². The van der Waals surface area contributed by atoms with Gasteiger partial charge in [-0.3, -0.25) is 14.5 Å². The van der Waals surface area contributed by atoms with Crippen LogP contribution < -0.4 is 4.74 Å². The molecule has 1 aliphatic rings. The van der Waals surface area contributed by atoms with E-state index in [1.165, 1.54) is 7.11 Å². The number of amides is 1. The largest absolute Gasteiger partial charge is 0.494 e. The van der Waals surface area contributed by atoms with Gasteiger partial charge in [-0.05, 0) is 23.8 Å². The highest BCUT2D eigenvalue weighted by Crippen LogP contribution is 2.37. The monoisotopic (exact) mass is 377 g/mol. The van der Waals surface area contributed by atoms with Crippen LogP contribution in [-0.4, -0.2) is 39.9 Å². The zero-order valence-electron chi connectivity index (χ0n) is 11.1. The Bertz CT molecular complexity index is 682. The lowest BCUT2D eigenvalue weighted by Gasteiger charge is -2.10. The molecule has 2 rings (SSSR count). The van der Waals surface area contributed by atoms with E-state index in [-0.39, 0.29) is 4.32 Å². The number of halogens is 2. The average Bonchev–Trinajstić information content (AvgIpc) is 2.66.